The monoisotopic (exact) mass is 341 g/mol. The van der Waals surface area contributed by atoms with Crippen molar-refractivity contribution in [1.82, 2.24) is 15.1 Å². The molecule has 0 radical (unpaired) electrons. The number of carbonyl (C=O) groups is 2. The molecule has 0 atom stereocenters. The maximum atomic E-state index is 12.0. The van der Waals surface area contributed by atoms with E-state index in [1.807, 2.05) is 6.92 Å². The minimum Gasteiger partial charge on any atom is -0.467 e. The van der Waals surface area contributed by atoms with Crippen LogP contribution in [0.25, 0.3) is 6.08 Å². The molecule has 0 unspecified atom stereocenters. The fraction of sp³-hybridized carbons (Fsp3) is 0.562. The topological polar surface area (TPSA) is 73.2 Å². The number of halogens is 1. The van der Waals surface area contributed by atoms with Gasteiger partial charge < -0.3 is 10.1 Å². The van der Waals surface area contributed by atoms with Gasteiger partial charge >= 0.3 is 5.97 Å². The van der Waals surface area contributed by atoms with Crippen molar-refractivity contribution in [3.05, 3.63) is 22.5 Å². The SMILES string of the molecule is COC(=O)C(C)(C)NC(=O)/C=C/c1c(C)nn(CC(C)C)c1Cl. The van der Waals surface area contributed by atoms with Crippen molar-refractivity contribution in [3.8, 4) is 0 Å². The van der Waals surface area contributed by atoms with Gasteiger partial charge in [0.05, 0.1) is 12.8 Å². The van der Waals surface area contributed by atoms with Crippen molar-refractivity contribution >= 4 is 29.6 Å². The number of methoxy groups -OCH3 is 1. The number of carbonyl (C=O) groups excluding carboxylic acids is 2. The third kappa shape index (κ3) is 5.10. The van der Waals surface area contributed by atoms with Crippen LogP contribution in [0.4, 0.5) is 0 Å². The summed E-state index contributed by atoms with van der Waals surface area (Å²) in [5.74, 6) is -0.515. The van der Waals surface area contributed by atoms with Gasteiger partial charge in [-0.05, 0) is 32.8 Å². The highest BCUT2D eigenvalue weighted by Crippen LogP contribution is 2.22. The largest absolute Gasteiger partial charge is 0.467 e. The van der Waals surface area contributed by atoms with Crippen LogP contribution in [0.2, 0.25) is 5.15 Å². The van der Waals surface area contributed by atoms with E-state index >= 15 is 0 Å². The van der Waals surface area contributed by atoms with Gasteiger partial charge in [-0.25, -0.2) is 4.79 Å². The number of nitrogens with one attached hydrogen (secondary N) is 1. The Morgan fingerprint density at radius 2 is 2.04 bits per heavy atom. The summed E-state index contributed by atoms with van der Waals surface area (Å²) in [6, 6.07) is 0. The molecule has 0 aliphatic carbocycles. The van der Waals surface area contributed by atoms with Gasteiger partial charge in [-0.3, -0.25) is 9.48 Å². The van der Waals surface area contributed by atoms with Gasteiger partial charge in [0, 0.05) is 18.2 Å². The minimum absolute atomic E-state index is 0.410. The number of nitrogens with zero attached hydrogens (tertiary/aromatic N) is 2. The Kier molecular flexibility index (Phi) is 6.38. The summed E-state index contributed by atoms with van der Waals surface area (Å²) in [7, 11) is 1.28. The summed E-state index contributed by atoms with van der Waals surface area (Å²) in [5.41, 5.74) is 0.335. The lowest BCUT2D eigenvalue weighted by Crippen LogP contribution is -2.49. The number of hydrogen-bond acceptors (Lipinski definition) is 4. The number of esters is 1. The molecule has 128 valence electrons. The first kappa shape index (κ1) is 19.2. The molecule has 1 rings (SSSR count). The average molecular weight is 342 g/mol. The average Bonchev–Trinajstić information content (AvgIpc) is 2.69. The lowest BCUT2D eigenvalue weighted by molar-refractivity contribution is -0.148. The lowest BCUT2D eigenvalue weighted by Gasteiger charge is -2.22. The highest BCUT2D eigenvalue weighted by molar-refractivity contribution is 6.31. The molecule has 6 nitrogen and oxygen atoms in total. The maximum Gasteiger partial charge on any atom is 0.330 e. The van der Waals surface area contributed by atoms with Crippen LogP contribution in [0.1, 0.15) is 39.0 Å². The molecule has 1 aromatic heterocycles. The second-order valence-corrected chi connectivity index (χ2v) is 6.66. The van der Waals surface area contributed by atoms with E-state index in [1.54, 1.807) is 24.6 Å². The standard InChI is InChI=1S/C16H24ClN3O3/c1-10(2)9-20-14(17)12(11(3)19-20)7-8-13(21)18-16(4,5)15(22)23-6/h7-8,10H,9H2,1-6H3,(H,18,21)/b8-7+. The second kappa shape index (κ2) is 7.64. The Bertz CT molecular complexity index is 618. The Morgan fingerprint density at radius 1 is 1.43 bits per heavy atom. The van der Waals surface area contributed by atoms with E-state index in [1.165, 1.54) is 13.2 Å². The molecule has 1 amide bonds. The predicted molar refractivity (Wildman–Crippen MR) is 90.1 cm³/mol. The van der Waals surface area contributed by atoms with E-state index in [4.69, 9.17) is 11.6 Å². The molecule has 0 spiro atoms. The zero-order valence-corrected chi connectivity index (χ0v) is 15.2. The molecule has 0 aliphatic heterocycles. The summed E-state index contributed by atoms with van der Waals surface area (Å²) < 4.78 is 6.36. The van der Waals surface area contributed by atoms with Crippen molar-refractivity contribution in [3.63, 3.8) is 0 Å². The Morgan fingerprint density at radius 3 is 2.57 bits per heavy atom. The summed E-state index contributed by atoms with van der Waals surface area (Å²) in [4.78, 5) is 23.5. The Balaban J connectivity index is 2.87. The van der Waals surface area contributed by atoms with Crippen LogP contribution in [-0.4, -0.2) is 34.3 Å². The van der Waals surface area contributed by atoms with E-state index in [2.05, 4.69) is 29.0 Å². The maximum absolute atomic E-state index is 12.0. The summed E-state index contributed by atoms with van der Waals surface area (Å²) >= 11 is 6.31. The van der Waals surface area contributed by atoms with E-state index in [0.717, 1.165) is 5.69 Å². The van der Waals surface area contributed by atoms with Gasteiger partial charge in [-0.15, -0.1) is 0 Å². The molecule has 1 heterocycles. The molecule has 0 aliphatic rings. The van der Waals surface area contributed by atoms with Gasteiger partial charge in [0.25, 0.3) is 0 Å². The zero-order valence-electron chi connectivity index (χ0n) is 14.4. The molecular formula is C16H24ClN3O3. The first-order valence-corrected chi connectivity index (χ1v) is 7.77. The highest BCUT2D eigenvalue weighted by Gasteiger charge is 2.29. The van der Waals surface area contributed by atoms with Crippen molar-refractivity contribution < 1.29 is 14.3 Å². The van der Waals surface area contributed by atoms with Crippen molar-refractivity contribution in [1.29, 1.82) is 0 Å². The van der Waals surface area contributed by atoms with E-state index in [-0.39, 0.29) is 0 Å². The van der Waals surface area contributed by atoms with Gasteiger partial charge in [0.15, 0.2) is 0 Å². The third-order valence-corrected chi connectivity index (χ3v) is 3.58. The number of aromatic nitrogens is 2. The highest BCUT2D eigenvalue weighted by atomic mass is 35.5. The van der Waals surface area contributed by atoms with Crippen molar-refractivity contribution in [2.24, 2.45) is 5.92 Å². The number of aryl methyl sites for hydroxylation is 1. The van der Waals surface area contributed by atoms with Crippen LogP contribution >= 0.6 is 11.6 Å². The van der Waals surface area contributed by atoms with Gasteiger partial charge in [0.1, 0.15) is 10.7 Å². The molecule has 0 saturated carbocycles. The predicted octanol–water partition coefficient (Wildman–Crippen LogP) is 2.58. The second-order valence-electron chi connectivity index (χ2n) is 6.31. The molecule has 7 heteroatoms. The quantitative estimate of drug-likeness (QED) is 0.637. The van der Waals surface area contributed by atoms with Crippen LogP contribution < -0.4 is 5.32 Å². The molecule has 0 aromatic carbocycles. The van der Waals surface area contributed by atoms with Gasteiger partial charge in [-0.1, -0.05) is 25.4 Å². The number of rotatable bonds is 6. The van der Waals surface area contributed by atoms with E-state index in [9.17, 15) is 9.59 Å². The molecule has 0 saturated heterocycles. The van der Waals surface area contributed by atoms with Crippen LogP contribution in [0, 0.1) is 12.8 Å². The van der Waals surface area contributed by atoms with Crippen molar-refractivity contribution in [2.75, 3.05) is 7.11 Å². The molecule has 0 fully saturated rings. The van der Waals surface area contributed by atoms with E-state index in [0.29, 0.717) is 23.2 Å². The molecule has 23 heavy (non-hydrogen) atoms. The van der Waals surface area contributed by atoms with Crippen LogP contribution in [-0.2, 0) is 20.9 Å². The zero-order chi connectivity index (χ0) is 17.8. The lowest BCUT2D eigenvalue weighted by atomic mass is 10.1. The summed E-state index contributed by atoms with van der Waals surface area (Å²) in [6.07, 6.45) is 2.94. The first-order chi connectivity index (χ1) is 10.6. The van der Waals surface area contributed by atoms with E-state index < -0.39 is 17.4 Å². The molecule has 0 bridgehead atoms. The normalized spacial score (nSPS) is 12.0. The fourth-order valence-electron chi connectivity index (χ4n) is 2.04. The molecule has 1 N–H and O–H groups in total. The number of hydrogen-bond donors (Lipinski definition) is 1. The van der Waals surface area contributed by atoms with Gasteiger partial charge in [0.2, 0.25) is 5.91 Å². The smallest absolute Gasteiger partial charge is 0.330 e. The fourth-order valence-corrected chi connectivity index (χ4v) is 2.34. The Labute approximate surface area is 141 Å². The first-order valence-electron chi connectivity index (χ1n) is 7.40. The third-order valence-electron chi connectivity index (χ3n) is 3.18. The van der Waals surface area contributed by atoms with Crippen LogP contribution in [0.3, 0.4) is 0 Å². The Hall–Kier alpha value is -1.82. The summed E-state index contributed by atoms with van der Waals surface area (Å²) in [5, 5.41) is 7.45. The number of ether oxygens (including phenoxy) is 1. The summed E-state index contributed by atoms with van der Waals surface area (Å²) in [6.45, 7) is 9.83. The molecule has 1 aromatic rings. The number of amides is 1. The van der Waals surface area contributed by atoms with Crippen molar-refractivity contribution in [2.45, 2.75) is 46.7 Å². The molecular weight excluding hydrogens is 318 g/mol. The minimum atomic E-state index is -1.10. The van der Waals surface area contributed by atoms with Gasteiger partial charge in [-0.2, -0.15) is 5.10 Å². The van der Waals surface area contributed by atoms with Crippen LogP contribution in [0.5, 0.6) is 0 Å². The van der Waals surface area contributed by atoms with Crippen LogP contribution in [0.15, 0.2) is 6.08 Å².